The van der Waals surface area contributed by atoms with Crippen molar-refractivity contribution >= 4 is 16.8 Å². The molecule has 118 valence electrons. The summed E-state index contributed by atoms with van der Waals surface area (Å²) in [6.07, 6.45) is -0.943. The molecule has 0 saturated heterocycles. The van der Waals surface area contributed by atoms with E-state index >= 15 is 0 Å². The highest BCUT2D eigenvalue weighted by atomic mass is 19.1. The van der Waals surface area contributed by atoms with Gasteiger partial charge in [0.15, 0.2) is 0 Å². The van der Waals surface area contributed by atoms with Crippen LogP contribution in [0.5, 0.6) is 0 Å². The van der Waals surface area contributed by atoms with Crippen LogP contribution >= 0.6 is 0 Å². The molecule has 0 aliphatic heterocycles. The third-order valence-corrected chi connectivity index (χ3v) is 3.54. The average Bonchev–Trinajstić information content (AvgIpc) is 2.96. The fourth-order valence-electron chi connectivity index (χ4n) is 2.31. The smallest absolute Gasteiger partial charge is 0.267 e. The van der Waals surface area contributed by atoms with Gasteiger partial charge in [0.25, 0.3) is 5.91 Å². The lowest BCUT2D eigenvalue weighted by atomic mass is 10.1. The normalized spacial score (nSPS) is 12.3. The van der Waals surface area contributed by atoms with Crippen LogP contribution in [0.15, 0.2) is 48.5 Å². The van der Waals surface area contributed by atoms with E-state index in [4.69, 9.17) is 0 Å². The predicted molar refractivity (Wildman–Crippen MR) is 81.9 cm³/mol. The molecule has 1 heterocycles. The lowest BCUT2D eigenvalue weighted by Gasteiger charge is -2.11. The molecule has 4 nitrogen and oxygen atoms in total. The third kappa shape index (κ3) is 3.37. The maximum absolute atomic E-state index is 13.1. The van der Waals surface area contributed by atoms with E-state index in [9.17, 15) is 18.7 Å². The van der Waals surface area contributed by atoms with E-state index in [0.29, 0.717) is 16.5 Å². The highest BCUT2D eigenvalue weighted by molar-refractivity contribution is 5.98. The molecule has 0 fully saturated rings. The number of halogens is 2. The fraction of sp³-hybridized carbons (Fsp3) is 0.118. The fourth-order valence-corrected chi connectivity index (χ4v) is 2.31. The summed E-state index contributed by atoms with van der Waals surface area (Å²) >= 11 is 0. The molecule has 3 rings (SSSR count). The minimum Gasteiger partial charge on any atom is -0.387 e. The SMILES string of the molecule is O=C(NCC(O)c1ccc(F)cc1)c1cc2cc(F)ccc2[nH]1. The number of nitrogens with one attached hydrogen (secondary N) is 2. The van der Waals surface area contributed by atoms with E-state index in [1.165, 1.54) is 42.5 Å². The van der Waals surface area contributed by atoms with Crippen molar-refractivity contribution in [2.45, 2.75) is 6.10 Å². The Labute approximate surface area is 130 Å². The summed E-state index contributed by atoms with van der Waals surface area (Å²) in [6, 6.07) is 11.1. The van der Waals surface area contributed by atoms with E-state index < -0.39 is 17.8 Å². The maximum Gasteiger partial charge on any atom is 0.267 e. The molecular weight excluding hydrogens is 302 g/mol. The van der Waals surface area contributed by atoms with Crippen LogP contribution in [-0.2, 0) is 0 Å². The molecular formula is C17H14F2N2O2. The standard InChI is InChI=1S/C17H14F2N2O2/c18-12-3-1-10(2-4-12)16(22)9-20-17(23)15-8-11-7-13(19)5-6-14(11)21-15/h1-8,16,21-22H,9H2,(H,20,23). The number of benzene rings is 2. The van der Waals surface area contributed by atoms with Crippen LogP contribution < -0.4 is 5.32 Å². The van der Waals surface area contributed by atoms with Crippen molar-refractivity contribution in [1.29, 1.82) is 0 Å². The molecule has 0 saturated carbocycles. The molecule has 3 aromatic rings. The first-order chi connectivity index (χ1) is 11.0. The largest absolute Gasteiger partial charge is 0.387 e. The summed E-state index contributed by atoms with van der Waals surface area (Å²) in [5.41, 5.74) is 1.43. The molecule has 0 bridgehead atoms. The summed E-state index contributed by atoms with van der Waals surface area (Å²) in [5, 5.41) is 13.2. The Kier molecular flexibility index (Phi) is 4.08. The Hall–Kier alpha value is -2.73. The van der Waals surface area contributed by atoms with Gasteiger partial charge in [-0.2, -0.15) is 0 Å². The quantitative estimate of drug-likeness (QED) is 0.693. The molecule has 3 N–H and O–H groups in total. The highest BCUT2D eigenvalue weighted by Crippen LogP contribution is 2.17. The summed E-state index contributed by atoms with van der Waals surface area (Å²) in [7, 11) is 0. The van der Waals surface area contributed by atoms with E-state index in [1.807, 2.05) is 0 Å². The van der Waals surface area contributed by atoms with Crippen LogP contribution in [0.4, 0.5) is 8.78 Å². The molecule has 1 unspecified atom stereocenters. The van der Waals surface area contributed by atoms with Gasteiger partial charge in [-0.25, -0.2) is 8.78 Å². The van der Waals surface area contributed by atoms with Crippen molar-refractivity contribution in [2.75, 3.05) is 6.54 Å². The number of aromatic nitrogens is 1. The lowest BCUT2D eigenvalue weighted by Crippen LogP contribution is -2.28. The molecule has 0 spiro atoms. The third-order valence-electron chi connectivity index (χ3n) is 3.54. The number of hydrogen-bond donors (Lipinski definition) is 3. The minimum atomic E-state index is -0.943. The van der Waals surface area contributed by atoms with Gasteiger partial charge in [-0.15, -0.1) is 0 Å². The van der Waals surface area contributed by atoms with Gasteiger partial charge in [-0.1, -0.05) is 12.1 Å². The zero-order chi connectivity index (χ0) is 16.4. The molecule has 23 heavy (non-hydrogen) atoms. The van der Waals surface area contributed by atoms with Gasteiger partial charge in [-0.3, -0.25) is 4.79 Å². The van der Waals surface area contributed by atoms with Crippen molar-refractivity contribution in [3.63, 3.8) is 0 Å². The number of amides is 1. The number of rotatable bonds is 4. The number of carbonyl (C=O) groups is 1. The van der Waals surface area contributed by atoms with Crippen LogP contribution in [0.2, 0.25) is 0 Å². The van der Waals surface area contributed by atoms with Crippen molar-refractivity contribution in [3.05, 3.63) is 71.4 Å². The minimum absolute atomic E-state index is 0.0197. The number of aliphatic hydroxyl groups is 1. The van der Waals surface area contributed by atoms with E-state index in [-0.39, 0.29) is 18.1 Å². The number of fused-ring (bicyclic) bond motifs is 1. The Bertz CT molecular complexity index is 843. The molecule has 1 atom stereocenters. The maximum atomic E-state index is 13.1. The van der Waals surface area contributed by atoms with Crippen LogP contribution in [-0.4, -0.2) is 22.5 Å². The van der Waals surface area contributed by atoms with Gasteiger partial charge in [0, 0.05) is 17.4 Å². The molecule has 2 aromatic carbocycles. The summed E-state index contributed by atoms with van der Waals surface area (Å²) in [4.78, 5) is 15.0. The van der Waals surface area contributed by atoms with E-state index in [0.717, 1.165) is 0 Å². The molecule has 0 aliphatic carbocycles. The van der Waals surface area contributed by atoms with E-state index in [2.05, 4.69) is 10.3 Å². The number of H-pyrrole nitrogens is 1. The first kappa shape index (κ1) is 15.2. The van der Waals surface area contributed by atoms with Gasteiger partial charge < -0.3 is 15.4 Å². The van der Waals surface area contributed by atoms with Crippen molar-refractivity contribution in [3.8, 4) is 0 Å². The molecule has 0 aliphatic rings. The molecule has 0 radical (unpaired) electrons. The average molecular weight is 316 g/mol. The molecule has 1 aromatic heterocycles. The number of aliphatic hydroxyl groups excluding tert-OH is 1. The summed E-state index contributed by atoms with van der Waals surface area (Å²) in [6.45, 7) is -0.0197. The van der Waals surface area contributed by atoms with Crippen LogP contribution in [0.25, 0.3) is 10.9 Å². The second-order valence-corrected chi connectivity index (χ2v) is 5.19. The van der Waals surface area contributed by atoms with E-state index in [1.54, 1.807) is 6.07 Å². The van der Waals surface area contributed by atoms with Crippen LogP contribution in [0.3, 0.4) is 0 Å². The van der Waals surface area contributed by atoms with Gasteiger partial charge in [0.05, 0.1) is 6.10 Å². The zero-order valence-corrected chi connectivity index (χ0v) is 12.0. The second-order valence-electron chi connectivity index (χ2n) is 5.19. The topological polar surface area (TPSA) is 65.1 Å². The lowest BCUT2D eigenvalue weighted by molar-refractivity contribution is 0.0912. The van der Waals surface area contributed by atoms with Gasteiger partial charge >= 0.3 is 0 Å². The van der Waals surface area contributed by atoms with Gasteiger partial charge in [0.2, 0.25) is 0 Å². The molecule has 1 amide bonds. The van der Waals surface area contributed by atoms with Crippen molar-refractivity contribution in [1.82, 2.24) is 10.3 Å². The Balaban J connectivity index is 1.67. The van der Waals surface area contributed by atoms with Crippen molar-refractivity contribution in [2.24, 2.45) is 0 Å². The number of hydrogen-bond acceptors (Lipinski definition) is 2. The summed E-state index contributed by atoms with van der Waals surface area (Å²) < 4.78 is 26.0. The highest BCUT2D eigenvalue weighted by Gasteiger charge is 2.13. The summed E-state index contributed by atoms with van der Waals surface area (Å²) in [5.74, 6) is -1.19. The van der Waals surface area contributed by atoms with Gasteiger partial charge in [-0.05, 0) is 42.0 Å². The van der Waals surface area contributed by atoms with Crippen molar-refractivity contribution < 1.29 is 18.7 Å². The first-order valence-corrected chi connectivity index (χ1v) is 7.03. The Morgan fingerprint density at radius 3 is 2.52 bits per heavy atom. The van der Waals surface area contributed by atoms with Crippen LogP contribution in [0.1, 0.15) is 22.2 Å². The second kappa shape index (κ2) is 6.18. The first-order valence-electron chi connectivity index (χ1n) is 7.03. The number of aromatic amines is 1. The number of carbonyl (C=O) groups excluding carboxylic acids is 1. The zero-order valence-electron chi connectivity index (χ0n) is 12.0. The van der Waals surface area contributed by atoms with Gasteiger partial charge in [0.1, 0.15) is 17.3 Å². The Morgan fingerprint density at radius 2 is 1.78 bits per heavy atom. The molecule has 6 heteroatoms. The van der Waals surface area contributed by atoms with Crippen LogP contribution in [0, 0.1) is 11.6 Å². The predicted octanol–water partition coefficient (Wildman–Crippen LogP) is 2.91. The Morgan fingerprint density at radius 1 is 1.09 bits per heavy atom. The monoisotopic (exact) mass is 316 g/mol.